The summed E-state index contributed by atoms with van der Waals surface area (Å²) in [6.45, 7) is 26.2. The highest BCUT2D eigenvalue weighted by Crippen LogP contribution is 2.61. The molecule has 0 radical (unpaired) electrons. The molecule has 4 aliphatic heterocycles. The Bertz CT molecular complexity index is 3830. The number of H-pyrrole nitrogens is 1. The maximum atomic E-state index is 13.7. The molecule has 1 aromatic heterocycles. The molecule has 550 valence electrons. The van der Waals surface area contributed by atoms with Gasteiger partial charge in [0.05, 0.1) is 62.2 Å². The summed E-state index contributed by atoms with van der Waals surface area (Å²) in [5.74, 6) is -2.50. The second-order valence-electron chi connectivity index (χ2n) is 29.6. The van der Waals surface area contributed by atoms with Crippen LogP contribution >= 0.6 is 0 Å². The summed E-state index contributed by atoms with van der Waals surface area (Å²) in [6.07, 6.45) is 0.924. The number of esters is 6. The zero-order valence-corrected chi connectivity index (χ0v) is 61.7. The molecule has 24 heteroatoms. The monoisotopic (exact) mass is 1440 g/mol. The molecule has 12 rings (SSSR count). The maximum absolute atomic E-state index is 13.7. The molecule has 5 aromatic rings. The van der Waals surface area contributed by atoms with Crippen molar-refractivity contribution in [1.29, 1.82) is 0 Å². The molecule has 14 atom stereocenters. The van der Waals surface area contributed by atoms with Crippen LogP contribution in [0.5, 0.6) is 5.88 Å². The molecule has 2 saturated carbocycles. The molecule has 19 nitrogen and oxygen atoms in total. The van der Waals surface area contributed by atoms with Crippen molar-refractivity contribution in [3.63, 3.8) is 0 Å². The van der Waals surface area contributed by atoms with E-state index in [1.807, 2.05) is 61.5 Å². The average Bonchev–Trinajstić information content (AvgIpc) is 1.55. The van der Waals surface area contributed by atoms with E-state index in [-0.39, 0.29) is 112 Å². The molecule has 1 N–H and O–H groups in total. The second-order valence-corrected chi connectivity index (χ2v) is 33.1. The van der Waals surface area contributed by atoms with Crippen molar-refractivity contribution >= 4 is 56.8 Å². The first-order valence-electron chi connectivity index (χ1n) is 34.6. The van der Waals surface area contributed by atoms with Crippen LogP contribution in [0, 0.1) is 57.1 Å². The number of aromatic nitrogens is 1. The maximum Gasteiger partial charge on any atom is 0.369 e. The van der Waals surface area contributed by atoms with E-state index in [9.17, 15) is 59.7 Å². The van der Waals surface area contributed by atoms with Gasteiger partial charge in [-0.05, 0) is 193 Å². The number of alkyl halides is 2. The smallest absolute Gasteiger partial charge is 0.369 e. The number of carbonyl (C=O) groups excluding carboxylic acids is 6. The van der Waals surface area contributed by atoms with Gasteiger partial charge in [0.2, 0.25) is 5.88 Å². The number of carbonyl (C=O) groups is 6. The van der Waals surface area contributed by atoms with E-state index in [2.05, 4.69) is 108 Å². The van der Waals surface area contributed by atoms with Gasteiger partial charge in [-0.3, -0.25) is 38.5 Å². The number of halogens is 3. The lowest BCUT2D eigenvalue weighted by atomic mass is 9.75. The molecular weight excluding hydrogens is 1350 g/mol. The van der Waals surface area contributed by atoms with Crippen LogP contribution in [-0.4, -0.2) is 108 Å². The topological polar surface area (TPSA) is 266 Å². The third kappa shape index (κ3) is 17.6. The quantitative estimate of drug-likeness (QED) is 0.0328. The molecule has 4 saturated heterocycles. The Hall–Kier alpha value is -7.38. The van der Waals surface area contributed by atoms with E-state index >= 15 is 0 Å². The fourth-order valence-electron chi connectivity index (χ4n) is 13.2. The Morgan fingerprint density at radius 2 is 1.13 bits per heavy atom. The fourth-order valence-corrected chi connectivity index (χ4v) is 15.7. The largest absolute Gasteiger partial charge is 0.743 e. The number of pyridine rings is 1. The summed E-state index contributed by atoms with van der Waals surface area (Å²) in [7, 11) is -5.87. The van der Waals surface area contributed by atoms with Crippen LogP contribution in [0.25, 0.3) is 0 Å². The first-order chi connectivity index (χ1) is 47.3. The molecule has 4 bridgehead atoms. The van der Waals surface area contributed by atoms with Gasteiger partial charge in [0.1, 0.15) is 24.1 Å². The van der Waals surface area contributed by atoms with Crippen molar-refractivity contribution in [1.82, 2.24) is 4.98 Å². The summed E-state index contributed by atoms with van der Waals surface area (Å²) in [4.78, 5) is 89.7. The molecule has 5 heterocycles. The summed E-state index contributed by atoms with van der Waals surface area (Å²) < 4.78 is 115. The first kappa shape index (κ1) is 79.3. The Morgan fingerprint density at radius 3 is 1.63 bits per heavy atom. The lowest BCUT2D eigenvalue weighted by Gasteiger charge is -2.39. The SMILES string of the molecule is CCC(C)(C)C(=O)OC(C)C(F)(F)S(=O)(=O)[O-].CCC(C)(C)C(=O)OC1C2CC3C(=O)OC1C3O2.CCC(C)(C)C(=O)OC1C2CC3C1OC(=O)C3C2C(C)OC1(C)CCc2cc(F)ccc21.CCC(C)(C)C(=O)Oc1cccc(=O)[nH]1.c1ccc([S+](c2ccccc2)c2ccccc2)cc1. The van der Waals surface area contributed by atoms with Crippen LogP contribution in [0.4, 0.5) is 13.2 Å². The first-order valence-corrected chi connectivity index (χ1v) is 37.2. The van der Waals surface area contributed by atoms with Gasteiger partial charge in [0.15, 0.2) is 43.1 Å². The average molecular weight is 1440 g/mol. The third-order valence-corrected chi connectivity index (χ3v) is 24.3. The van der Waals surface area contributed by atoms with E-state index in [4.69, 9.17) is 33.2 Å². The standard InChI is InChI=1S/C26H33FO5.C18H15S.C13H18O5.C11H15NO3.C9H16F2O5S/c1-6-25(3,4)24(29)31-22-16-12-17-20(23(28)30-21(17)22)19(16)13(2)32-26(5)10-9-14-11-15(27)7-8-18(14)26;1-4-10-16(11-5-1)19(17-12-6-2-7-13-17)18-14-8-3-9-15-18;1-4-13(2,3)12(15)18-9-7-5-6-8(16-7)10(9)17-11(6)14;1-4-11(2,3)10(14)15-9-7-5-6-8(13)12-9;1-5-8(3,4)7(12)16-6(2)9(10,11)17(13,14)15/h7-8,11,13,16-17,19-22H,6,9-10,12H2,1-5H3;1-15H;6-10H,4-5H2,1-3H3;5-7H,4H2,1-3H3,(H,12,13);6H,5H2,1-4H3,(H,13,14,15)/q;+1;;;/p-1. The van der Waals surface area contributed by atoms with Crippen LogP contribution in [0.1, 0.15) is 160 Å². The molecule has 0 spiro atoms. The molecule has 3 aliphatic carbocycles. The van der Waals surface area contributed by atoms with E-state index in [1.54, 1.807) is 39.0 Å². The fraction of sp³-hybridized carbons (Fsp3) is 0.545. The van der Waals surface area contributed by atoms with Gasteiger partial charge in [-0.15, -0.1) is 0 Å². The van der Waals surface area contributed by atoms with Crippen LogP contribution in [0.15, 0.2) is 147 Å². The van der Waals surface area contributed by atoms with Gasteiger partial charge in [0.25, 0.3) is 5.56 Å². The number of hydrogen-bond acceptors (Lipinski definition) is 18. The molecule has 7 aliphatic rings. The van der Waals surface area contributed by atoms with Crippen molar-refractivity contribution < 1.29 is 92.8 Å². The molecule has 4 aromatic carbocycles. The van der Waals surface area contributed by atoms with E-state index in [1.165, 1.54) is 40.7 Å². The highest BCUT2D eigenvalue weighted by atomic mass is 32.2. The van der Waals surface area contributed by atoms with Gasteiger partial charge in [0, 0.05) is 23.8 Å². The zero-order valence-electron chi connectivity index (χ0n) is 60.1. The Kier molecular flexibility index (Phi) is 24.9. The highest BCUT2D eigenvalue weighted by molar-refractivity contribution is 7.97. The van der Waals surface area contributed by atoms with Gasteiger partial charge in [-0.1, -0.05) is 94.4 Å². The Labute approximate surface area is 593 Å². The van der Waals surface area contributed by atoms with Crippen LogP contribution in [0.2, 0.25) is 0 Å². The van der Waals surface area contributed by atoms with Gasteiger partial charge < -0.3 is 42.4 Å². The molecule has 6 fully saturated rings. The zero-order chi connectivity index (χ0) is 74.5. The number of fused-ring (bicyclic) bond motifs is 3. The number of nitrogens with one attached hydrogen (secondary N) is 1. The summed E-state index contributed by atoms with van der Waals surface area (Å²) in [6, 6.07) is 41.5. The lowest BCUT2D eigenvalue weighted by molar-refractivity contribution is -0.174. The molecule has 0 amide bonds. The summed E-state index contributed by atoms with van der Waals surface area (Å²) in [5.41, 5.74) is -1.43. The van der Waals surface area contributed by atoms with Crippen molar-refractivity contribution in [3.8, 4) is 5.88 Å². The number of ether oxygens (including phenoxy) is 8. The van der Waals surface area contributed by atoms with Crippen molar-refractivity contribution in [2.24, 2.45) is 51.2 Å². The van der Waals surface area contributed by atoms with Gasteiger partial charge in [-0.25, -0.2) is 12.8 Å². The number of aryl methyl sites for hydroxylation is 1. The minimum Gasteiger partial charge on any atom is -0.743 e. The number of aromatic amines is 1. The third-order valence-electron chi connectivity index (χ3n) is 21.1. The predicted octanol–water partition coefficient (Wildman–Crippen LogP) is 13.6. The van der Waals surface area contributed by atoms with Gasteiger partial charge in [-0.2, -0.15) is 8.78 Å². The number of hydrogen-bond donors (Lipinski definition) is 1. The second kappa shape index (κ2) is 31.7. The predicted molar refractivity (Wildman–Crippen MR) is 368 cm³/mol. The lowest BCUT2D eigenvalue weighted by Crippen LogP contribution is -2.47. The Morgan fingerprint density at radius 1 is 0.634 bits per heavy atom. The van der Waals surface area contributed by atoms with E-state index in [0.717, 1.165) is 30.4 Å². The van der Waals surface area contributed by atoms with Crippen molar-refractivity contribution in [3.05, 3.63) is 155 Å². The van der Waals surface area contributed by atoms with E-state index < -0.39 is 73.0 Å². The van der Waals surface area contributed by atoms with Crippen LogP contribution in [-0.2, 0) is 95.0 Å². The van der Waals surface area contributed by atoms with Crippen LogP contribution in [0.3, 0.4) is 0 Å². The molecule has 14 unspecified atom stereocenters. The molecule has 101 heavy (non-hydrogen) atoms. The summed E-state index contributed by atoms with van der Waals surface area (Å²) in [5, 5.41) is -4.63. The molecular formula is C77H96F3NO18S2. The Balaban J connectivity index is 0.000000166. The number of rotatable bonds is 20. The van der Waals surface area contributed by atoms with Crippen molar-refractivity contribution in [2.45, 2.75) is 230 Å². The normalized spacial score (nSPS) is 25.6. The number of benzene rings is 4. The highest BCUT2D eigenvalue weighted by Gasteiger charge is 2.70. The van der Waals surface area contributed by atoms with Crippen LogP contribution < -0.4 is 10.3 Å². The van der Waals surface area contributed by atoms with Gasteiger partial charge >= 0.3 is 41.1 Å². The minimum absolute atomic E-state index is 0.0146. The van der Waals surface area contributed by atoms with Crippen molar-refractivity contribution in [2.75, 3.05) is 0 Å². The van der Waals surface area contributed by atoms with E-state index in [0.29, 0.717) is 39.0 Å². The summed E-state index contributed by atoms with van der Waals surface area (Å²) >= 11 is 0. The minimum atomic E-state index is -5.86.